The molecule has 16 heavy (non-hydrogen) atoms. The summed E-state index contributed by atoms with van der Waals surface area (Å²) in [7, 11) is 1.33. The molecule has 5 heteroatoms. The van der Waals surface area contributed by atoms with Crippen LogP contribution in [0.1, 0.15) is 17.2 Å². The van der Waals surface area contributed by atoms with Crippen molar-refractivity contribution < 1.29 is 13.9 Å². The number of esters is 1. The lowest BCUT2D eigenvalue weighted by Gasteiger charge is -2.24. The second kappa shape index (κ2) is 5.27. The Morgan fingerprint density at radius 1 is 1.56 bits per heavy atom. The fourth-order valence-electron chi connectivity index (χ4n) is 1.85. The molecule has 0 spiro atoms. The molecule has 0 radical (unpaired) electrons. The Bertz CT molecular complexity index is 398. The standard InChI is InChI=1S/C11H12FNO2.ClH/c1-15-11(14)10-9-6-8(12)3-2-7(9)4-5-13-10;/h2-3,6,10,13H,4-5H2,1H3;1H/t10-;/m1./s1. The third kappa shape index (κ3) is 2.33. The van der Waals surface area contributed by atoms with E-state index < -0.39 is 6.04 Å². The maximum absolute atomic E-state index is 13.1. The first-order valence-electron chi connectivity index (χ1n) is 4.82. The Kier molecular flexibility index (Phi) is 4.26. The van der Waals surface area contributed by atoms with E-state index in [1.807, 2.05) is 0 Å². The summed E-state index contributed by atoms with van der Waals surface area (Å²) < 4.78 is 17.7. The van der Waals surface area contributed by atoms with Crippen LogP contribution in [0.15, 0.2) is 18.2 Å². The van der Waals surface area contributed by atoms with Crippen LogP contribution in [0.4, 0.5) is 4.39 Å². The van der Waals surface area contributed by atoms with E-state index in [-0.39, 0.29) is 24.2 Å². The van der Waals surface area contributed by atoms with Crippen LogP contribution in [-0.4, -0.2) is 19.6 Å². The summed E-state index contributed by atoms with van der Waals surface area (Å²) in [5.41, 5.74) is 1.69. The predicted molar refractivity (Wildman–Crippen MR) is 60.1 cm³/mol. The summed E-state index contributed by atoms with van der Waals surface area (Å²) in [5, 5.41) is 3.01. The summed E-state index contributed by atoms with van der Waals surface area (Å²) in [5.74, 6) is -0.701. The molecule has 88 valence electrons. The molecule has 0 unspecified atom stereocenters. The van der Waals surface area contributed by atoms with Crippen molar-refractivity contribution in [3.8, 4) is 0 Å². The molecule has 1 heterocycles. The molecule has 1 aliphatic heterocycles. The van der Waals surface area contributed by atoms with Crippen molar-refractivity contribution in [2.75, 3.05) is 13.7 Å². The molecule has 2 rings (SSSR count). The fraction of sp³-hybridized carbons (Fsp3) is 0.364. The first-order chi connectivity index (χ1) is 7.22. The zero-order valence-corrected chi connectivity index (χ0v) is 9.64. The van der Waals surface area contributed by atoms with Crippen LogP contribution in [-0.2, 0) is 16.0 Å². The van der Waals surface area contributed by atoms with E-state index in [1.54, 1.807) is 6.07 Å². The summed E-state index contributed by atoms with van der Waals surface area (Å²) in [6.07, 6.45) is 0.809. The highest BCUT2D eigenvalue weighted by atomic mass is 35.5. The number of hydrogen-bond acceptors (Lipinski definition) is 3. The minimum absolute atomic E-state index is 0. The van der Waals surface area contributed by atoms with E-state index in [4.69, 9.17) is 0 Å². The van der Waals surface area contributed by atoms with Crippen LogP contribution in [0.5, 0.6) is 0 Å². The second-order valence-electron chi connectivity index (χ2n) is 3.50. The Morgan fingerprint density at radius 3 is 3.00 bits per heavy atom. The largest absolute Gasteiger partial charge is 0.468 e. The lowest BCUT2D eigenvalue weighted by atomic mass is 9.94. The van der Waals surface area contributed by atoms with E-state index >= 15 is 0 Å². The number of benzene rings is 1. The molecule has 0 aliphatic carbocycles. The smallest absolute Gasteiger partial charge is 0.327 e. The van der Waals surface area contributed by atoms with Crippen LogP contribution >= 0.6 is 12.4 Å². The Morgan fingerprint density at radius 2 is 2.31 bits per heavy atom. The van der Waals surface area contributed by atoms with Crippen LogP contribution in [0.3, 0.4) is 0 Å². The van der Waals surface area contributed by atoms with Crippen LogP contribution in [0.25, 0.3) is 0 Å². The predicted octanol–water partition coefficient (Wildman–Crippen LogP) is 1.61. The third-order valence-electron chi connectivity index (χ3n) is 2.60. The van der Waals surface area contributed by atoms with E-state index in [9.17, 15) is 9.18 Å². The summed E-state index contributed by atoms with van der Waals surface area (Å²) in [6.45, 7) is 0.707. The van der Waals surface area contributed by atoms with Crippen molar-refractivity contribution in [1.29, 1.82) is 0 Å². The van der Waals surface area contributed by atoms with Gasteiger partial charge < -0.3 is 10.1 Å². The summed E-state index contributed by atoms with van der Waals surface area (Å²) in [6, 6.07) is 4.00. The van der Waals surface area contributed by atoms with Gasteiger partial charge in [-0.25, -0.2) is 9.18 Å². The summed E-state index contributed by atoms with van der Waals surface area (Å²) >= 11 is 0. The zero-order chi connectivity index (χ0) is 10.8. The lowest BCUT2D eigenvalue weighted by molar-refractivity contribution is -0.143. The number of methoxy groups -OCH3 is 1. The van der Waals surface area contributed by atoms with Crippen LogP contribution < -0.4 is 5.32 Å². The zero-order valence-electron chi connectivity index (χ0n) is 8.83. The minimum Gasteiger partial charge on any atom is -0.468 e. The highest BCUT2D eigenvalue weighted by Crippen LogP contribution is 2.24. The number of carbonyl (C=O) groups excluding carboxylic acids is 1. The van der Waals surface area contributed by atoms with E-state index in [0.717, 1.165) is 12.0 Å². The van der Waals surface area contributed by atoms with Gasteiger partial charge in [-0.3, -0.25) is 0 Å². The first kappa shape index (κ1) is 12.9. The van der Waals surface area contributed by atoms with Crippen LogP contribution in [0, 0.1) is 5.82 Å². The van der Waals surface area contributed by atoms with Gasteiger partial charge in [0, 0.05) is 6.54 Å². The highest BCUT2D eigenvalue weighted by molar-refractivity contribution is 5.85. The third-order valence-corrected chi connectivity index (χ3v) is 2.60. The van der Waals surface area contributed by atoms with E-state index in [1.165, 1.54) is 19.2 Å². The van der Waals surface area contributed by atoms with Gasteiger partial charge in [0.05, 0.1) is 7.11 Å². The average molecular weight is 246 g/mol. The minimum atomic E-state index is -0.533. The van der Waals surface area contributed by atoms with Crippen LogP contribution in [0.2, 0.25) is 0 Å². The Balaban J connectivity index is 0.00000128. The van der Waals surface area contributed by atoms with Crippen molar-refractivity contribution in [2.45, 2.75) is 12.5 Å². The lowest BCUT2D eigenvalue weighted by Crippen LogP contribution is -2.35. The maximum atomic E-state index is 13.1. The maximum Gasteiger partial charge on any atom is 0.327 e. The molecule has 1 atom stereocenters. The first-order valence-corrected chi connectivity index (χ1v) is 4.82. The topological polar surface area (TPSA) is 38.3 Å². The van der Waals surface area contributed by atoms with Crippen molar-refractivity contribution in [3.63, 3.8) is 0 Å². The average Bonchev–Trinajstić information content (AvgIpc) is 2.27. The van der Waals surface area contributed by atoms with Gasteiger partial charge in [0.1, 0.15) is 11.9 Å². The van der Waals surface area contributed by atoms with Gasteiger partial charge in [-0.2, -0.15) is 0 Å². The highest BCUT2D eigenvalue weighted by Gasteiger charge is 2.26. The molecule has 0 bridgehead atoms. The van der Waals surface area contributed by atoms with Gasteiger partial charge in [-0.15, -0.1) is 12.4 Å². The number of fused-ring (bicyclic) bond motifs is 1. The molecule has 0 saturated carbocycles. The van der Waals surface area contributed by atoms with Gasteiger partial charge in [0.2, 0.25) is 0 Å². The second-order valence-corrected chi connectivity index (χ2v) is 3.50. The molecule has 1 N–H and O–H groups in total. The normalized spacial score (nSPS) is 18.2. The van der Waals surface area contributed by atoms with Gasteiger partial charge >= 0.3 is 5.97 Å². The number of rotatable bonds is 1. The van der Waals surface area contributed by atoms with Crippen molar-refractivity contribution in [2.24, 2.45) is 0 Å². The molecule has 0 fully saturated rings. The summed E-state index contributed by atoms with van der Waals surface area (Å²) in [4.78, 5) is 11.4. The molecule has 1 aromatic rings. The van der Waals surface area contributed by atoms with Gasteiger partial charge in [-0.05, 0) is 29.7 Å². The molecular formula is C11H13ClFNO2. The number of hydrogen-bond donors (Lipinski definition) is 1. The SMILES string of the molecule is COC(=O)[C@@H]1NCCc2ccc(F)cc21.Cl. The number of halogens is 2. The monoisotopic (exact) mass is 245 g/mol. The molecule has 0 amide bonds. The molecule has 1 aliphatic rings. The van der Waals surface area contributed by atoms with Gasteiger partial charge in [0.25, 0.3) is 0 Å². The molecule has 3 nitrogen and oxygen atoms in total. The fourth-order valence-corrected chi connectivity index (χ4v) is 1.85. The Labute approximate surface area is 99.4 Å². The quantitative estimate of drug-likeness (QED) is 0.764. The number of nitrogens with one attached hydrogen (secondary N) is 1. The van der Waals surface area contributed by atoms with Crippen molar-refractivity contribution >= 4 is 18.4 Å². The van der Waals surface area contributed by atoms with Gasteiger partial charge in [-0.1, -0.05) is 6.07 Å². The molecular weight excluding hydrogens is 233 g/mol. The van der Waals surface area contributed by atoms with Crippen molar-refractivity contribution in [1.82, 2.24) is 5.32 Å². The van der Waals surface area contributed by atoms with Crippen molar-refractivity contribution in [3.05, 3.63) is 35.1 Å². The molecule has 0 saturated heterocycles. The molecule has 0 aromatic heterocycles. The van der Waals surface area contributed by atoms with Gasteiger partial charge in [0.15, 0.2) is 0 Å². The molecule has 1 aromatic carbocycles. The van der Waals surface area contributed by atoms with E-state index in [2.05, 4.69) is 10.1 Å². The number of carbonyl (C=O) groups is 1. The number of ether oxygens (including phenoxy) is 1. The Hall–Kier alpha value is -1.13. The van der Waals surface area contributed by atoms with E-state index in [0.29, 0.717) is 12.1 Å².